The minimum Gasteiger partial charge on any atom is -0.492 e. The van der Waals surface area contributed by atoms with E-state index < -0.39 is 0 Å². The SMILES string of the molecule is CNCc1ccc(OCCc2scnc2C)c(Br)c1. The molecule has 0 unspecified atom stereocenters. The van der Waals surface area contributed by atoms with E-state index in [1.165, 1.54) is 10.4 Å². The van der Waals surface area contributed by atoms with Crippen molar-refractivity contribution in [1.29, 1.82) is 0 Å². The van der Waals surface area contributed by atoms with Gasteiger partial charge < -0.3 is 10.1 Å². The van der Waals surface area contributed by atoms with E-state index in [1.807, 2.05) is 25.5 Å². The van der Waals surface area contributed by atoms with Crippen molar-refractivity contribution in [2.75, 3.05) is 13.7 Å². The van der Waals surface area contributed by atoms with Crippen molar-refractivity contribution in [2.45, 2.75) is 19.9 Å². The summed E-state index contributed by atoms with van der Waals surface area (Å²) in [4.78, 5) is 5.53. The van der Waals surface area contributed by atoms with Gasteiger partial charge in [0, 0.05) is 17.8 Å². The summed E-state index contributed by atoms with van der Waals surface area (Å²) in [5, 5.41) is 3.13. The average molecular weight is 341 g/mol. The number of hydrogen-bond acceptors (Lipinski definition) is 4. The number of hydrogen-bond donors (Lipinski definition) is 1. The molecule has 0 amide bonds. The monoisotopic (exact) mass is 340 g/mol. The molecule has 102 valence electrons. The summed E-state index contributed by atoms with van der Waals surface area (Å²) in [6, 6.07) is 6.18. The van der Waals surface area contributed by atoms with E-state index in [2.05, 4.69) is 38.4 Å². The molecule has 5 heteroatoms. The van der Waals surface area contributed by atoms with Crippen LogP contribution in [0.1, 0.15) is 16.1 Å². The molecule has 3 nitrogen and oxygen atoms in total. The highest BCUT2D eigenvalue weighted by Crippen LogP contribution is 2.26. The number of benzene rings is 1. The Labute approximate surface area is 126 Å². The number of halogens is 1. The molecule has 1 aromatic carbocycles. The second-order valence-corrected chi connectivity index (χ2v) is 6.05. The van der Waals surface area contributed by atoms with Gasteiger partial charge in [-0.05, 0) is 47.6 Å². The highest BCUT2D eigenvalue weighted by atomic mass is 79.9. The first-order valence-corrected chi connectivity index (χ1v) is 7.82. The Morgan fingerprint density at radius 3 is 2.89 bits per heavy atom. The highest BCUT2D eigenvalue weighted by Gasteiger charge is 2.05. The Morgan fingerprint density at radius 2 is 2.26 bits per heavy atom. The molecule has 0 bridgehead atoms. The van der Waals surface area contributed by atoms with Gasteiger partial charge in [0.25, 0.3) is 0 Å². The summed E-state index contributed by atoms with van der Waals surface area (Å²) in [5.41, 5.74) is 4.23. The number of ether oxygens (including phenoxy) is 1. The third-order valence-electron chi connectivity index (χ3n) is 2.81. The van der Waals surface area contributed by atoms with Crippen LogP contribution in [0, 0.1) is 6.92 Å². The Bertz CT molecular complexity index is 542. The zero-order valence-corrected chi connectivity index (χ0v) is 13.5. The molecule has 0 saturated carbocycles. The molecule has 0 saturated heterocycles. The molecule has 0 aliphatic carbocycles. The van der Waals surface area contributed by atoms with Crippen molar-refractivity contribution >= 4 is 27.3 Å². The van der Waals surface area contributed by atoms with Crippen molar-refractivity contribution in [1.82, 2.24) is 10.3 Å². The standard InChI is InChI=1S/C14H17BrN2OS/c1-10-14(19-9-17-10)5-6-18-13-4-3-11(8-16-2)7-12(13)15/h3-4,7,9,16H,5-6,8H2,1-2H3. The van der Waals surface area contributed by atoms with Gasteiger partial charge in [-0.25, -0.2) is 4.98 Å². The van der Waals surface area contributed by atoms with Gasteiger partial charge >= 0.3 is 0 Å². The van der Waals surface area contributed by atoms with Crippen LogP contribution in [0.2, 0.25) is 0 Å². The van der Waals surface area contributed by atoms with E-state index in [0.29, 0.717) is 6.61 Å². The van der Waals surface area contributed by atoms with Gasteiger partial charge in [0.2, 0.25) is 0 Å². The zero-order chi connectivity index (χ0) is 13.7. The van der Waals surface area contributed by atoms with E-state index in [1.54, 1.807) is 11.3 Å². The van der Waals surface area contributed by atoms with Crippen LogP contribution < -0.4 is 10.1 Å². The highest BCUT2D eigenvalue weighted by molar-refractivity contribution is 9.10. The fourth-order valence-corrected chi connectivity index (χ4v) is 3.10. The van der Waals surface area contributed by atoms with Crippen LogP contribution in [-0.2, 0) is 13.0 Å². The fraction of sp³-hybridized carbons (Fsp3) is 0.357. The first kappa shape index (κ1) is 14.5. The van der Waals surface area contributed by atoms with E-state index in [0.717, 1.165) is 28.9 Å². The minimum absolute atomic E-state index is 0.674. The molecule has 1 heterocycles. The largest absolute Gasteiger partial charge is 0.492 e. The number of aryl methyl sites for hydroxylation is 1. The second-order valence-electron chi connectivity index (χ2n) is 4.25. The lowest BCUT2D eigenvalue weighted by Gasteiger charge is -2.09. The van der Waals surface area contributed by atoms with Gasteiger partial charge in [-0.1, -0.05) is 6.07 Å². The Kier molecular flexibility index (Phi) is 5.36. The van der Waals surface area contributed by atoms with Crippen molar-refractivity contribution in [3.8, 4) is 5.75 Å². The molecule has 2 rings (SSSR count). The molecule has 0 radical (unpaired) electrons. The minimum atomic E-state index is 0.674. The Hall–Kier alpha value is -0.910. The Morgan fingerprint density at radius 1 is 1.42 bits per heavy atom. The molecular weight excluding hydrogens is 324 g/mol. The van der Waals surface area contributed by atoms with Gasteiger partial charge in [0.05, 0.1) is 22.3 Å². The van der Waals surface area contributed by atoms with Crippen LogP contribution in [0.5, 0.6) is 5.75 Å². The van der Waals surface area contributed by atoms with E-state index in [-0.39, 0.29) is 0 Å². The van der Waals surface area contributed by atoms with E-state index in [9.17, 15) is 0 Å². The average Bonchev–Trinajstić information content (AvgIpc) is 2.78. The van der Waals surface area contributed by atoms with E-state index in [4.69, 9.17) is 4.74 Å². The summed E-state index contributed by atoms with van der Waals surface area (Å²) >= 11 is 5.23. The van der Waals surface area contributed by atoms with Crippen molar-refractivity contribution in [2.24, 2.45) is 0 Å². The summed E-state index contributed by atoms with van der Waals surface area (Å²) in [7, 11) is 1.94. The first-order valence-electron chi connectivity index (χ1n) is 6.15. The number of aromatic nitrogens is 1. The maximum absolute atomic E-state index is 5.81. The molecule has 2 aromatic rings. The van der Waals surface area contributed by atoms with Crippen molar-refractivity contribution in [3.63, 3.8) is 0 Å². The van der Waals surface area contributed by atoms with Crippen molar-refractivity contribution < 1.29 is 4.74 Å². The zero-order valence-electron chi connectivity index (χ0n) is 11.1. The smallest absolute Gasteiger partial charge is 0.133 e. The van der Waals surface area contributed by atoms with E-state index >= 15 is 0 Å². The maximum Gasteiger partial charge on any atom is 0.133 e. The number of nitrogens with zero attached hydrogens (tertiary/aromatic N) is 1. The molecule has 19 heavy (non-hydrogen) atoms. The maximum atomic E-state index is 5.81. The van der Waals surface area contributed by atoms with Crippen LogP contribution in [-0.4, -0.2) is 18.6 Å². The van der Waals surface area contributed by atoms with Crippen molar-refractivity contribution in [3.05, 3.63) is 44.3 Å². The van der Waals surface area contributed by atoms with Crippen LogP contribution in [0.25, 0.3) is 0 Å². The van der Waals surface area contributed by atoms with Gasteiger partial charge in [-0.15, -0.1) is 11.3 Å². The van der Waals surface area contributed by atoms with Gasteiger partial charge in [-0.2, -0.15) is 0 Å². The lowest BCUT2D eigenvalue weighted by Crippen LogP contribution is -2.05. The Balaban J connectivity index is 1.91. The summed E-state index contributed by atoms with van der Waals surface area (Å²) in [6.07, 6.45) is 0.904. The quantitative estimate of drug-likeness (QED) is 0.872. The summed E-state index contributed by atoms with van der Waals surface area (Å²) in [5.74, 6) is 0.891. The van der Waals surface area contributed by atoms with Crippen LogP contribution in [0.4, 0.5) is 0 Å². The predicted molar refractivity (Wildman–Crippen MR) is 83.0 cm³/mol. The molecule has 0 aliphatic rings. The number of thiazole rings is 1. The topological polar surface area (TPSA) is 34.1 Å². The molecule has 0 spiro atoms. The molecule has 1 N–H and O–H groups in total. The number of rotatable bonds is 6. The first-order chi connectivity index (χ1) is 9.20. The third kappa shape index (κ3) is 4.03. The molecule has 1 aromatic heterocycles. The lowest BCUT2D eigenvalue weighted by atomic mass is 10.2. The summed E-state index contributed by atoms with van der Waals surface area (Å²) < 4.78 is 6.81. The van der Waals surface area contributed by atoms with Crippen LogP contribution >= 0.6 is 27.3 Å². The third-order valence-corrected chi connectivity index (χ3v) is 4.42. The van der Waals surface area contributed by atoms with Crippen LogP contribution in [0.15, 0.2) is 28.2 Å². The second kappa shape index (κ2) is 7.03. The fourth-order valence-electron chi connectivity index (χ4n) is 1.80. The molecule has 0 atom stereocenters. The molecular formula is C14H17BrN2OS. The van der Waals surface area contributed by atoms with Gasteiger partial charge in [0.15, 0.2) is 0 Å². The lowest BCUT2D eigenvalue weighted by molar-refractivity contribution is 0.320. The predicted octanol–water partition coefficient (Wildman–Crippen LogP) is 3.55. The van der Waals surface area contributed by atoms with Gasteiger partial charge in [0.1, 0.15) is 5.75 Å². The summed E-state index contributed by atoms with van der Waals surface area (Å²) in [6.45, 7) is 3.57. The molecule has 0 fully saturated rings. The molecule has 0 aliphatic heterocycles. The van der Waals surface area contributed by atoms with Gasteiger partial charge in [-0.3, -0.25) is 0 Å². The normalized spacial score (nSPS) is 10.7. The number of nitrogens with one attached hydrogen (secondary N) is 1. The van der Waals surface area contributed by atoms with Crippen LogP contribution in [0.3, 0.4) is 0 Å².